The fourth-order valence-corrected chi connectivity index (χ4v) is 4.12. The van der Waals surface area contributed by atoms with Crippen molar-refractivity contribution in [1.82, 2.24) is 14.3 Å². The van der Waals surface area contributed by atoms with Gasteiger partial charge < -0.3 is 15.1 Å². The Bertz CT molecular complexity index is 826. The molecule has 2 aromatic heterocycles. The average Bonchev–Trinajstić information content (AvgIpc) is 3.34. The summed E-state index contributed by atoms with van der Waals surface area (Å²) in [5.41, 5.74) is 0.819. The largest absolute Gasteiger partial charge is 0.343 e. The zero-order chi connectivity index (χ0) is 17.1. The molecule has 1 saturated heterocycles. The number of carbonyl (C=O) groups excluding carboxylic acids is 1. The van der Waals surface area contributed by atoms with Gasteiger partial charge in [0.1, 0.15) is 0 Å². The van der Waals surface area contributed by atoms with Gasteiger partial charge in [0.05, 0.1) is 4.88 Å². The molecule has 1 aliphatic rings. The molecular formula is C17H17N5OS2. The molecule has 0 saturated carbocycles. The van der Waals surface area contributed by atoms with E-state index in [1.807, 2.05) is 52.7 Å². The van der Waals surface area contributed by atoms with E-state index in [-0.39, 0.29) is 6.03 Å². The average molecular weight is 371 g/mol. The van der Waals surface area contributed by atoms with Crippen LogP contribution in [0.1, 0.15) is 0 Å². The summed E-state index contributed by atoms with van der Waals surface area (Å²) in [7, 11) is 0. The van der Waals surface area contributed by atoms with Crippen molar-refractivity contribution in [1.29, 1.82) is 0 Å². The van der Waals surface area contributed by atoms with E-state index in [0.29, 0.717) is 13.1 Å². The molecule has 2 amide bonds. The van der Waals surface area contributed by atoms with E-state index in [2.05, 4.69) is 19.6 Å². The molecule has 4 rings (SSSR count). The predicted octanol–water partition coefficient (Wildman–Crippen LogP) is 3.62. The van der Waals surface area contributed by atoms with Crippen LogP contribution in [0.25, 0.3) is 10.7 Å². The van der Waals surface area contributed by atoms with Crippen molar-refractivity contribution >= 4 is 39.7 Å². The smallest absolute Gasteiger partial charge is 0.321 e. The Morgan fingerprint density at radius 2 is 1.84 bits per heavy atom. The van der Waals surface area contributed by atoms with Crippen LogP contribution in [-0.4, -0.2) is 46.5 Å². The molecule has 1 aliphatic heterocycles. The Hall–Kier alpha value is -2.45. The molecule has 0 atom stereocenters. The van der Waals surface area contributed by atoms with E-state index in [9.17, 15) is 4.79 Å². The van der Waals surface area contributed by atoms with Gasteiger partial charge in [0, 0.05) is 43.4 Å². The Kier molecular flexibility index (Phi) is 4.62. The van der Waals surface area contributed by atoms with Crippen molar-refractivity contribution in [2.24, 2.45) is 0 Å². The van der Waals surface area contributed by atoms with Crippen molar-refractivity contribution in [3.8, 4) is 10.7 Å². The standard InChI is InChI=1S/C17H17N5OS2/c23-16(18-13-5-2-1-3-6-13)21-8-10-22(11-9-21)17-19-15(20-25-17)14-7-4-12-24-14/h1-7,12H,8-11H2,(H,18,23). The van der Waals surface area contributed by atoms with E-state index in [1.54, 1.807) is 11.3 Å². The third-order valence-electron chi connectivity index (χ3n) is 4.02. The predicted molar refractivity (Wildman–Crippen MR) is 102 cm³/mol. The maximum Gasteiger partial charge on any atom is 0.321 e. The summed E-state index contributed by atoms with van der Waals surface area (Å²) in [6, 6.07) is 13.5. The van der Waals surface area contributed by atoms with E-state index in [0.717, 1.165) is 34.6 Å². The first-order valence-corrected chi connectivity index (χ1v) is 9.68. The Labute approximate surface area is 153 Å². The third kappa shape index (κ3) is 3.64. The third-order valence-corrected chi connectivity index (χ3v) is 5.66. The lowest BCUT2D eigenvalue weighted by Crippen LogP contribution is -2.50. The molecule has 8 heteroatoms. The number of benzene rings is 1. The summed E-state index contributed by atoms with van der Waals surface area (Å²) < 4.78 is 4.45. The summed E-state index contributed by atoms with van der Waals surface area (Å²) >= 11 is 3.06. The van der Waals surface area contributed by atoms with Crippen molar-refractivity contribution in [3.63, 3.8) is 0 Å². The quantitative estimate of drug-likeness (QED) is 0.764. The molecule has 3 heterocycles. The molecule has 3 aromatic rings. The number of urea groups is 1. The molecule has 1 aromatic carbocycles. The van der Waals surface area contributed by atoms with Crippen LogP contribution < -0.4 is 10.2 Å². The van der Waals surface area contributed by atoms with Crippen molar-refractivity contribution in [2.45, 2.75) is 0 Å². The van der Waals surface area contributed by atoms with Crippen LogP contribution in [0.2, 0.25) is 0 Å². The van der Waals surface area contributed by atoms with Crippen LogP contribution >= 0.6 is 22.9 Å². The van der Waals surface area contributed by atoms with E-state index in [4.69, 9.17) is 0 Å². The molecule has 128 valence electrons. The minimum atomic E-state index is -0.0533. The lowest BCUT2D eigenvalue weighted by Gasteiger charge is -2.34. The Morgan fingerprint density at radius 1 is 1.04 bits per heavy atom. The van der Waals surface area contributed by atoms with Gasteiger partial charge in [-0.2, -0.15) is 9.36 Å². The van der Waals surface area contributed by atoms with Gasteiger partial charge in [-0.1, -0.05) is 24.3 Å². The van der Waals surface area contributed by atoms with Gasteiger partial charge in [-0.05, 0) is 23.6 Å². The maximum absolute atomic E-state index is 12.3. The van der Waals surface area contributed by atoms with Gasteiger partial charge in [-0.15, -0.1) is 11.3 Å². The number of carbonyl (C=O) groups is 1. The number of aromatic nitrogens is 2. The number of hydrogen-bond acceptors (Lipinski definition) is 6. The van der Waals surface area contributed by atoms with Crippen LogP contribution in [0.3, 0.4) is 0 Å². The van der Waals surface area contributed by atoms with Gasteiger partial charge in [0.15, 0.2) is 5.82 Å². The minimum absolute atomic E-state index is 0.0533. The molecule has 1 fully saturated rings. The second-order valence-electron chi connectivity index (χ2n) is 5.65. The zero-order valence-corrected chi connectivity index (χ0v) is 15.1. The minimum Gasteiger partial charge on any atom is -0.343 e. The molecule has 6 nitrogen and oxygen atoms in total. The number of anilines is 2. The highest BCUT2D eigenvalue weighted by atomic mass is 32.1. The number of piperazine rings is 1. The molecule has 25 heavy (non-hydrogen) atoms. The van der Waals surface area contributed by atoms with Crippen LogP contribution in [0.5, 0.6) is 0 Å². The number of hydrogen-bond donors (Lipinski definition) is 1. The van der Waals surface area contributed by atoms with Crippen LogP contribution in [0.15, 0.2) is 47.8 Å². The molecule has 1 N–H and O–H groups in total. The normalized spacial score (nSPS) is 14.6. The summed E-state index contributed by atoms with van der Waals surface area (Å²) in [5, 5.41) is 5.88. The highest BCUT2D eigenvalue weighted by molar-refractivity contribution is 7.14. The highest BCUT2D eigenvalue weighted by Gasteiger charge is 2.23. The molecule has 0 aliphatic carbocycles. The topological polar surface area (TPSA) is 61.4 Å². The monoisotopic (exact) mass is 371 g/mol. The number of thiophene rings is 1. The summed E-state index contributed by atoms with van der Waals surface area (Å²) in [6.45, 7) is 2.88. The number of amides is 2. The van der Waals surface area contributed by atoms with E-state index >= 15 is 0 Å². The number of para-hydroxylation sites is 1. The van der Waals surface area contributed by atoms with Gasteiger partial charge in [-0.25, -0.2) is 4.79 Å². The molecule has 0 bridgehead atoms. The van der Waals surface area contributed by atoms with Crippen LogP contribution in [0, 0.1) is 0 Å². The highest BCUT2D eigenvalue weighted by Crippen LogP contribution is 2.27. The van der Waals surface area contributed by atoms with Crippen molar-refractivity contribution in [3.05, 3.63) is 47.8 Å². The van der Waals surface area contributed by atoms with Crippen LogP contribution in [0.4, 0.5) is 15.6 Å². The maximum atomic E-state index is 12.3. The first kappa shape index (κ1) is 16.0. The summed E-state index contributed by atoms with van der Waals surface area (Å²) in [5.74, 6) is 0.791. The van der Waals surface area contributed by atoms with Gasteiger partial charge in [0.2, 0.25) is 5.13 Å². The lowest BCUT2D eigenvalue weighted by molar-refractivity contribution is 0.208. The van der Waals surface area contributed by atoms with E-state index < -0.39 is 0 Å². The molecular weight excluding hydrogens is 354 g/mol. The second kappa shape index (κ2) is 7.20. The number of nitrogens with zero attached hydrogens (tertiary/aromatic N) is 4. The van der Waals surface area contributed by atoms with Gasteiger partial charge in [0.25, 0.3) is 0 Å². The fourth-order valence-electron chi connectivity index (χ4n) is 2.67. The van der Waals surface area contributed by atoms with E-state index in [1.165, 1.54) is 11.5 Å². The molecule has 0 spiro atoms. The van der Waals surface area contributed by atoms with Crippen LogP contribution in [-0.2, 0) is 0 Å². The summed E-state index contributed by atoms with van der Waals surface area (Å²) in [4.78, 5) is 22.1. The Balaban J connectivity index is 1.34. The summed E-state index contributed by atoms with van der Waals surface area (Å²) in [6.07, 6.45) is 0. The number of nitrogens with one attached hydrogen (secondary N) is 1. The lowest BCUT2D eigenvalue weighted by atomic mass is 10.3. The Morgan fingerprint density at radius 3 is 2.56 bits per heavy atom. The zero-order valence-electron chi connectivity index (χ0n) is 13.5. The first-order valence-electron chi connectivity index (χ1n) is 8.03. The second-order valence-corrected chi connectivity index (χ2v) is 7.33. The first-order chi connectivity index (χ1) is 12.3. The van der Waals surface area contributed by atoms with Gasteiger partial charge in [-0.3, -0.25) is 0 Å². The molecule has 0 radical (unpaired) electrons. The van der Waals surface area contributed by atoms with Crippen molar-refractivity contribution in [2.75, 3.05) is 36.4 Å². The number of rotatable bonds is 3. The SMILES string of the molecule is O=C(Nc1ccccc1)N1CCN(c2nc(-c3cccs3)ns2)CC1. The fraction of sp³-hybridized carbons (Fsp3) is 0.235. The van der Waals surface area contributed by atoms with Crippen molar-refractivity contribution < 1.29 is 4.79 Å². The van der Waals surface area contributed by atoms with Gasteiger partial charge >= 0.3 is 6.03 Å². The molecule has 0 unspecified atom stereocenters.